The summed E-state index contributed by atoms with van der Waals surface area (Å²) >= 11 is 0. The fourth-order valence-corrected chi connectivity index (χ4v) is 3.47. The van der Waals surface area contributed by atoms with Gasteiger partial charge >= 0.3 is 0 Å². The number of anilines is 1. The van der Waals surface area contributed by atoms with Gasteiger partial charge < -0.3 is 5.11 Å². The van der Waals surface area contributed by atoms with Gasteiger partial charge in [-0.25, -0.2) is 8.78 Å². The predicted octanol–water partition coefficient (Wildman–Crippen LogP) is 2.02. The first-order valence-corrected chi connectivity index (χ1v) is 9.15. The van der Waals surface area contributed by atoms with E-state index in [0.29, 0.717) is 41.9 Å². The van der Waals surface area contributed by atoms with Crippen LogP contribution >= 0.6 is 0 Å². The van der Waals surface area contributed by atoms with Crippen molar-refractivity contribution in [3.05, 3.63) is 53.4 Å². The molecule has 0 bridgehead atoms. The van der Waals surface area contributed by atoms with Crippen molar-refractivity contribution in [1.29, 1.82) is 0 Å². The topological polar surface area (TPSA) is 108 Å². The standard InChI is InChI=1S/C19H18F2N6O2/c20-15-4-3-11(7-16(15)21)6-12-2-1-5-27(18(12)29)19-24-17(25-26-19)14-9-23-22-8-13(14)10-28/h3-4,7-9,12,28H,1-2,5-6,10H2,(H,24,25,26). The van der Waals surface area contributed by atoms with Crippen molar-refractivity contribution in [2.24, 2.45) is 5.92 Å². The van der Waals surface area contributed by atoms with Gasteiger partial charge in [-0.15, -0.1) is 5.10 Å². The molecule has 3 heterocycles. The smallest absolute Gasteiger partial charge is 0.251 e. The third-order valence-corrected chi connectivity index (χ3v) is 4.97. The van der Waals surface area contributed by atoms with Gasteiger partial charge in [-0.1, -0.05) is 6.07 Å². The molecule has 10 heteroatoms. The first kappa shape index (κ1) is 19.1. The van der Waals surface area contributed by atoms with E-state index in [9.17, 15) is 18.7 Å². The Kier molecular flexibility index (Phi) is 5.26. The number of hydrogen-bond acceptors (Lipinski definition) is 6. The van der Waals surface area contributed by atoms with Crippen LogP contribution in [-0.2, 0) is 17.8 Å². The Hall–Kier alpha value is -3.27. The highest BCUT2D eigenvalue weighted by Crippen LogP contribution is 2.27. The van der Waals surface area contributed by atoms with E-state index in [-0.39, 0.29) is 24.4 Å². The maximum absolute atomic E-state index is 13.5. The molecule has 3 aromatic rings. The van der Waals surface area contributed by atoms with Crippen molar-refractivity contribution >= 4 is 11.9 Å². The highest BCUT2D eigenvalue weighted by molar-refractivity contribution is 5.94. The van der Waals surface area contributed by atoms with Gasteiger partial charge in [0.05, 0.1) is 19.0 Å². The van der Waals surface area contributed by atoms with Crippen molar-refractivity contribution in [1.82, 2.24) is 25.4 Å². The molecule has 0 saturated carbocycles. The van der Waals surface area contributed by atoms with Crippen LogP contribution in [0.3, 0.4) is 0 Å². The maximum atomic E-state index is 13.5. The molecular formula is C19H18F2N6O2. The van der Waals surface area contributed by atoms with Crippen molar-refractivity contribution in [2.45, 2.75) is 25.9 Å². The van der Waals surface area contributed by atoms with Gasteiger partial charge in [-0.05, 0) is 37.0 Å². The summed E-state index contributed by atoms with van der Waals surface area (Å²) < 4.78 is 26.6. The summed E-state index contributed by atoms with van der Waals surface area (Å²) in [6.45, 7) is 0.228. The number of nitrogens with one attached hydrogen (secondary N) is 1. The lowest BCUT2D eigenvalue weighted by molar-refractivity contribution is -0.123. The first-order valence-electron chi connectivity index (χ1n) is 9.15. The normalized spacial score (nSPS) is 17.0. The molecule has 1 amide bonds. The monoisotopic (exact) mass is 400 g/mol. The third-order valence-electron chi connectivity index (χ3n) is 4.97. The molecule has 8 nitrogen and oxygen atoms in total. The number of carbonyl (C=O) groups excluding carboxylic acids is 1. The lowest BCUT2D eigenvalue weighted by Crippen LogP contribution is -2.42. The first-order chi connectivity index (χ1) is 14.1. The summed E-state index contributed by atoms with van der Waals surface area (Å²) in [6, 6.07) is 3.68. The van der Waals surface area contributed by atoms with Crippen LogP contribution in [0.4, 0.5) is 14.7 Å². The molecule has 150 valence electrons. The second-order valence-electron chi connectivity index (χ2n) is 6.85. The van der Waals surface area contributed by atoms with Crippen LogP contribution in [0.15, 0.2) is 30.6 Å². The summed E-state index contributed by atoms with van der Waals surface area (Å²) in [7, 11) is 0. The molecule has 0 spiro atoms. The molecule has 1 aliphatic rings. The Bertz CT molecular complexity index is 1040. The molecule has 4 rings (SSSR count). The van der Waals surface area contributed by atoms with E-state index in [0.717, 1.165) is 18.6 Å². The molecule has 2 aromatic heterocycles. The number of rotatable bonds is 5. The number of benzene rings is 1. The fraction of sp³-hybridized carbons (Fsp3) is 0.316. The molecule has 0 aliphatic carbocycles. The van der Waals surface area contributed by atoms with Gasteiger partial charge in [0.25, 0.3) is 5.95 Å². The molecular weight excluding hydrogens is 382 g/mol. The summed E-state index contributed by atoms with van der Waals surface area (Å²) in [5.41, 5.74) is 1.64. The summed E-state index contributed by atoms with van der Waals surface area (Å²) in [5, 5.41) is 23.9. The molecule has 0 radical (unpaired) electrons. The highest BCUT2D eigenvalue weighted by Gasteiger charge is 2.32. The van der Waals surface area contributed by atoms with Crippen molar-refractivity contribution in [3.63, 3.8) is 0 Å². The summed E-state index contributed by atoms with van der Waals surface area (Å²) in [4.78, 5) is 18.8. The molecule has 1 unspecified atom stereocenters. The van der Waals surface area contributed by atoms with E-state index in [1.54, 1.807) is 0 Å². The number of H-pyrrole nitrogens is 1. The Morgan fingerprint density at radius 1 is 1.21 bits per heavy atom. The number of aliphatic hydroxyl groups excluding tert-OH is 1. The van der Waals surface area contributed by atoms with Gasteiger partial charge in [-0.3, -0.25) is 14.8 Å². The number of amides is 1. The van der Waals surface area contributed by atoms with E-state index in [4.69, 9.17) is 0 Å². The van der Waals surface area contributed by atoms with Crippen LogP contribution in [0.25, 0.3) is 11.4 Å². The zero-order chi connectivity index (χ0) is 20.4. The van der Waals surface area contributed by atoms with Crippen LogP contribution in [0, 0.1) is 17.6 Å². The second-order valence-corrected chi connectivity index (χ2v) is 6.85. The van der Waals surface area contributed by atoms with E-state index in [1.807, 2.05) is 0 Å². The lowest BCUT2D eigenvalue weighted by atomic mass is 9.90. The van der Waals surface area contributed by atoms with E-state index < -0.39 is 11.6 Å². The minimum absolute atomic E-state index is 0.165. The number of aromatic nitrogens is 5. The largest absolute Gasteiger partial charge is 0.392 e. The maximum Gasteiger partial charge on any atom is 0.251 e. The fourth-order valence-electron chi connectivity index (χ4n) is 3.47. The molecule has 1 aromatic carbocycles. The Labute approximate surface area is 164 Å². The van der Waals surface area contributed by atoms with Crippen molar-refractivity contribution < 1.29 is 18.7 Å². The average Bonchev–Trinajstić information content (AvgIpc) is 3.22. The molecule has 1 atom stereocenters. The molecule has 2 N–H and O–H groups in total. The highest BCUT2D eigenvalue weighted by atomic mass is 19.2. The minimum Gasteiger partial charge on any atom is -0.392 e. The number of nitrogens with zero attached hydrogens (tertiary/aromatic N) is 5. The van der Waals surface area contributed by atoms with Gasteiger partial charge in [-0.2, -0.15) is 15.2 Å². The van der Waals surface area contributed by atoms with E-state index in [2.05, 4.69) is 25.4 Å². The number of hydrogen-bond donors (Lipinski definition) is 2. The zero-order valence-electron chi connectivity index (χ0n) is 15.3. The Balaban J connectivity index is 1.54. The van der Waals surface area contributed by atoms with Crippen molar-refractivity contribution in [2.75, 3.05) is 11.4 Å². The minimum atomic E-state index is -0.924. The number of halogens is 2. The zero-order valence-corrected chi connectivity index (χ0v) is 15.3. The van der Waals surface area contributed by atoms with Gasteiger partial charge in [0.1, 0.15) is 0 Å². The van der Waals surface area contributed by atoms with Crippen LogP contribution in [0.1, 0.15) is 24.0 Å². The van der Waals surface area contributed by atoms with Crippen molar-refractivity contribution in [3.8, 4) is 11.4 Å². The van der Waals surface area contributed by atoms with Crippen LogP contribution in [0.2, 0.25) is 0 Å². The van der Waals surface area contributed by atoms with Crippen LogP contribution in [0.5, 0.6) is 0 Å². The van der Waals surface area contributed by atoms with Gasteiger partial charge in [0.15, 0.2) is 17.5 Å². The van der Waals surface area contributed by atoms with Gasteiger partial charge in [0.2, 0.25) is 5.91 Å². The van der Waals surface area contributed by atoms with Crippen LogP contribution in [-0.4, -0.2) is 42.9 Å². The van der Waals surface area contributed by atoms with E-state index in [1.165, 1.54) is 23.4 Å². The molecule has 1 aliphatic heterocycles. The Morgan fingerprint density at radius 2 is 2.03 bits per heavy atom. The number of carbonyl (C=O) groups is 1. The SMILES string of the molecule is O=C1C(Cc2ccc(F)c(F)c2)CCCN1c1n[nH]c(-c2cnncc2CO)n1. The number of aromatic amines is 1. The van der Waals surface area contributed by atoms with Crippen LogP contribution < -0.4 is 4.90 Å². The summed E-state index contributed by atoms with van der Waals surface area (Å²) in [6.07, 6.45) is 4.59. The molecule has 1 saturated heterocycles. The predicted molar refractivity (Wildman–Crippen MR) is 98.5 cm³/mol. The number of piperidine rings is 1. The third kappa shape index (κ3) is 3.83. The summed E-state index contributed by atoms with van der Waals surface area (Å²) in [5.74, 6) is -1.78. The Morgan fingerprint density at radius 3 is 2.83 bits per heavy atom. The average molecular weight is 400 g/mol. The lowest BCUT2D eigenvalue weighted by Gasteiger charge is -2.30. The van der Waals surface area contributed by atoms with E-state index >= 15 is 0 Å². The quantitative estimate of drug-likeness (QED) is 0.678. The number of aliphatic hydroxyl groups is 1. The molecule has 29 heavy (non-hydrogen) atoms. The second kappa shape index (κ2) is 8.00. The molecule has 1 fully saturated rings. The van der Waals surface area contributed by atoms with Gasteiger partial charge in [0, 0.05) is 23.6 Å².